The van der Waals surface area contributed by atoms with E-state index in [-0.39, 0.29) is 23.4 Å². The number of halogens is 3. The Bertz CT molecular complexity index is 774. The van der Waals surface area contributed by atoms with Gasteiger partial charge in [0.15, 0.2) is 0 Å². The van der Waals surface area contributed by atoms with E-state index >= 15 is 0 Å². The molecule has 1 aliphatic rings. The molecule has 2 aromatic rings. The van der Waals surface area contributed by atoms with Gasteiger partial charge in [0.1, 0.15) is 17.5 Å². The topological polar surface area (TPSA) is 37.4 Å². The van der Waals surface area contributed by atoms with Crippen LogP contribution in [-0.2, 0) is 11.3 Å². The molecular weight excluding hydrogens is 283 g/mol. The Balaban J connectivity index is 2.04. The minimum Gasteiger partial charge on any atom is -0.297 e. The molecule has 106 valence electrons. The predicted octanol–water partition coefficient (Wildman–Crippen LogP) is 2.83. The van der Waals surface area contributed by atoms with E-state index in [2.05, 4.69) is 0 Å². The summed E-state index contributed by atoms with van der Waals surface area (Å²) in [6.45, 7) is -0.343. The number of Topliss-reactive ketones (excluding diaryl/α,β-unsaturated/α-hetero) is 1. The van der Waals surface area contributed by atoms with Gasteiger partial charge in [-0.2, -0.15) is 0 Å². The number of ketones is 1. The Morgan fingerprint density at radius 2 is 1.71 bits per heavy atom. The number of fused-ring (bicyclic) bond motifs is 1. The van der Waals surface area contributed by atoms with Gasteiger partial charge in [-0.15, -0.1) is 0 Å². The van der Waals surface area contributed by atoms with Crippen molar-refractivity contribution >= 4 is 17.4 Å². The molecule has 2 aromatic carbocycles. The third-order valence-corrected chi connectivity index (χ3v) is 3.28. The zero-order valence-electron chi connectivity index (χ0n) is 10.6. The van der Waals surface area contributed by atoms with Gasteiger partial charge in [0.2, 0.25) is 0 Å². The summed E-state index contributed by atoms with van der Waals surface area (Å²) in [6, 6.07) is 6.62. The van der Waals surface area contributed by atoms with Crippen molar-refractivity contribution in [1.82, 2.24) is 0 Å². The fourth-order valence-corrected chi connectivity index (χ4v) is 2.28. The van der Waals surface area contributed by atoms with Crippen LogP contribution in [0.5, 0.6) is 0 Å². The van der Waals surface area contributed by atoms with Crippen LogP contribution in [0.1, 0.15) is 15.9 Å². The van der Waals surface area contributed by atoms with Crippen LogP contribution in [0, 0.1) is 17.5 Å². The molecule has 21 heavy (non-hydrogen) atoms. The van der Waals surface area contributed by atoms with E-state index < -0.39 is 29.1 Å². The number of nitrogens with zero attached hydrogens (tertiary/aromatic N) is 1. The molecule has 0 radical (unpaired) electrons. The van der Waals surface area contributed by atoms with Crippen molar-refractivity contribution in [3.63, 3.8) is 0 Å². The van der Waals surface area contributed by atoms with Crippen LogP contribution in [0.4, 0.5) is 18.9 Å². The first-order valence-corrected chi connectivity index (χ1v) is 6.07. The van der Waals surface area contributed by atoms with Crippen LogP contribution in [0.2, 0.25) is 0 Å². The molecule has 0 atom stereocenters. The maximum absolute atomic E-state index is 13.9. The minimum absolute atomic E-state index is 0.00588. The minimum atomic E-state index is -0.932. The van der Waals surface area contributed by atoms with Crippen molar-refractivity contribution in [1.29, 1.82) is 0 Å². The van der Waals surface area contributed by atoms with E-state index in [1.54, 1.807) is 0 Å². The lowest BCUT2D eigenvalue weighted by Crippen LogP contribution is -2.30. The highest BCUT2D eigenvalue weighted by atomic mass is 19.1. The molecule has 0 unspecified atom stereocenters. The average Bonchev–Trinajstić information content (AvgIpc) is 2.68. The van der Waals surface area contributed by atoms with Crippen molar-refractivity contribution in [2.75, 3.05) is 4.90 Å². The number of para-hydroxylation sites is 1. The predicted molar refractivity (Wildman–Crippen MR) is 68.3 cm³/mol. The molecule has 0 saturated heterocycles. The molecule has 3 rings (SSSR count). The van der Waals surface area contributed by atoms with E-state index in [1.807, 2.05) is 0 Å². The molecule has 1 aliphatic heterocycles. The molecule has 0 bridgehead atoms. The van der Waals surface area contributed by atoms with Gasteiger partial charge >= 0.3 is 0 Å². The number of carbonyl (C=O) groups excluding carboxylic acids is 2. The number of amides is 1. The molecule has 0 saturated carbocycles. The Hall–Kier alpha value is -2.63. The monoisotopic (exact) mass is 291 g/mol. The van der Waals surface area contributed by atoms with Gasteiger partial charge in [0.05, 0.1) is 17.8 Å². The third kappa shape index (κ3) is 2.08. The van der Waals surface area contributed by atoms with Gasteiger partial charge in [-0.05, 0) is 18.2 Å². The molecule has 6 heteroatoms. The van der Waals surface area contributed by atoms with Crippen LogP contribution in [0.3, 0.4) is 0 Å². The number of benzene rings is 2. The molecule has 3 nitrogen and oxygen atoms in total. The second-order valence-electron chi connectivity index (χ2n) is 4.59. The summed E-state index contributed by atoms with van der Waals surface area (Å²) >= 11 is 0. The summed E-state index contributed by atoms with van der Waals surface area (Å²) in [7, 11) is 0. The van der Waals surface area contributed by atoms with Gasteiger partial charge in [0.25, 0.3) is 11.7 Å². The van der Waals surface area contributed by atoms with Crippen molar-refractivity contribution in [2.45, 2.75) is 6.54 Å². The molecule has 0 aliphatic carbocycles. The first-order chi connectivity index (χ1) is 9.99. The lowest BCUT2D eigenvalue weighted by atomic mass is 10.1. The lowest BCUT2D eigenvalue weighted by molar-refractivity contribution is -0.114. The van der Waals surface area contributed by atoms with E-state index in [0.717, 1.165) is 23.1 Å². The highest BCUT2D eigenvalue weighted by molar-refractivity contribution is 6.52. The molecule has 1 amide bonds. The highest BCUT2D eigenvalue weighted by Gasteiger charge is 2.38. The molecule has 0 N–H and O–H groups in total. The lowest BCUT2D eigenvalue weighted by Gasteiger charge is -2.17. The molecule has 0 aromatic heterocycles. The summed E-state index contributed by atoms with van der Waals surface area (Å²) < 4.78 is 40.4. The Labute approximate surface area is 117 Å². The standard InChI is InChI=1S/C15H8F3NO2/c16-9-5-4-8(12(18)6-9)7-19-13-10(14(20)15(19)21)2-1-3-11(13)17/h1-6H,7H2. The summed E-state index contributed by atoms with van der Waals surface area (Å²) in [4.78, 5) is 24.6. The highest BCUT2D eigenvalue weighted by Crippen LogP contribution is 2.33. The number of anilines is 1. The largest absolute Gasteiger partial charge is 0.299 e. The van der Waals surface area contributed by atoms with E-state index in [0.29, 0.717) is 6.07 Å². The first kappa shape index (κ1) is 13.4. The Morgan fingerprint density at radius 3 is 2.43 bits per heavy atom. The zero-order valence-corrected chi connectivity index (χ0v) is 10.6. The number of hydrogen-bond donors (Lipinski definition) is 0. The average molecular weight is 291 g/mol. The quantitative estimate of drug-likeness (QED) is 0.798. The van der Waals surface area contributed by atoms with Gasteiger partial charge in [-0.25, -0.2) is 13.2 Å². The normalized spacial score (nSPS) is 13.8. The van der Waals surface area contributed by atoms with E-state index in [4.69, 9.17) is 0 Å². The number of rotatable bonds is 2. The SMILES string of the molecule is O=C1C(=O)N(Cc2ccc(F)cc2F)c2c(F)cccc21. The fourth-order valence-electron chi connectivity index (χ4n) is 2.28. The van der Waals surface area contributed by atoms with Crippen LogP contribution < -0.4 is 4.90 Å². The van der Waals surface area contributed by atoms with Gasteiger partial charge in [0, 0.05) is 11.6 Å². The van der Waals surface area contributed by atoms with Gasteiger partial charge in [-0.3, -0.25) is 14.5 Å². The fraction of sp³-hybridized carbons (Fsp3) is 0.0667. The van der Waals surface area contributed by atoms with Crippen molar-refractivity contribution in [3.8, 4) is 0 Å². The number of carbonyl (C=O) groups is 2. The van der Waals surface area contributed by atoms with Gasteiger partial charge in [-0.1, -0.05) is 12.1 Å². The summed E-state index contributed by atoms with van der Waals surface area (Å²) in [5.74, 6) is -4.13. The molecule has 1 heterocycles. The smallest absolute Gasteiger partial charge is 0.297 e. The van der Waals surface area contributed by atoms with Crippen LogP contribution in [0.15, 0.2) is 36.4 Å². The van der Waals surface area contributed by atoms with Crippen LogP contribution in [-0.4, -0.2) is 11.7 Å². The maximum Gasteiger partial charge on any atom is 0.299 e. The number of hydrogen-bond acceptors (Lipinski definition) is 2. The maximum atomic E-state index is 13.9. The second kappa shape index (κ2) is 4.73. The summed E-state index contributed by atoms with van der Waals surface area (Å²) in [5.41, 5.74) is -0.229. The van der Waals surface area contributed by atoms with Crippen LogP contribution in [0.25, 0.3) is 0 Å². The summed E-state index contributed by atoms with van der Waals surface area (Å²) in [5, 5.41) is 0. The molecule has 0 spiro atoms. The Morgan fingerprint density at radius 1 is 0.952 bits per heavy atom. The second-order valence-corrected chi connectivity index (χ2v) is 4.59. The van der Waals surface area contributed by atoms with Crippen molar-refractivity contribution < 1.29 is 22.8 Å². The van der Waals surface area contributed by atoms with Gasteiger partial charge < -0.3 is 0 Å². The summed E-state index contributed by atoms with van der Waals surface area (Å²) in [6.07, 6.45) is 0. The zero-order chi connectivity index (χ0) is 15.1. The van der Waals surface area contributed by atoms with Crippen LogP contribution >= 0.6 is 0 Å². The Kier molecular flexibility index (Phi) is 3.01. The molecular formula is C15H8F3NO2. The first-order valence-electron chi connectivity index (χ1n) is 6.07. The van der Waals surface area contributed by atoms with Crippen molar-refractivity contribution in [3.05, 3.63) is 65.0 Å². The van der Waals surface area contributed by atoms with E-state index in [9.17, 15) is 22.8 Å². The van der Waals surface area contributed by atoms with E-state index in [1.165, 1.54) is 12.1 Å². The molecule has 0 fully saturated rings. The third-order valence-electron chi connectivity index (χ3n) is 3.28. The van der Waals surface area contributed by atoms with Crippen molar-refractivity contribution in [2.24, 2.45) is 0 Å².